The fourth-order valence-electron chi connectivity index (χ4n) is 3.45. The lowest BCUT2D eigenvalue weighted by atomic mass is 10.0. The smallest absolute Gasteiger partial charge is 0.257 e. The van der Waals surface area contributed by atoms with Gasteiger partial charge in [-0.1, -0.05) is 42.5 Å². The van der Waals surface area contributed by atoms with Crippen molar-refractivity contribution < 1.29 is 9.90 Å². The van der Waals surface area contributed by atoms with Crippen molar-refractivity contribution in [3.05, 3.63) is 83.9 Å². The molecule has 160 valence electrons. The third-order valence-electron chi connectivity index (χ3n) is 5.00. The van der Waals surface area contributed by atoms with E-state index in [0.29, 0.717) is 22.8 Å². The van der Waals surface area contributed by atoms with Gasteiger partial charge in [0.1, 0.15) is 0 Å². The minimum atomic E-state index is -1.26. The highest BCUT2D eigenvalue weighted by atomic mass is 16.3. The second-order valence-electron chi connectivity index (χ2n) is 7.04. The normalized spacial score (nSPS) is 12.9. The monoisotopic (exact) mass is 426 g/mol. The van der Waals surface area contributed by atoms with Crippen LogP contribution in [0, 0.1) is 0 Å². The number of benzene rings is 3. The van der Waals surface area contributed by atoms with E-state index >= 15 is 0 Å². The Hall–Kier alpha value is -4.30. The largest absolute Gasteiger partial charge is 0.390 e. The Kier molecular flexibility index (Phi) is 6.05. The van der Waals surface area contributed by atoms with E-state index < -0.39 is 12.0 Å². The zero-order valence-corrected chi connectivity index (χ0v) is 17.4. The number of hydrogen-bond acceptors (Lipinski definition) is 4. The highest BCUT2D eigenvalue weighted by Crippen LogP contribution is 2.29. The SMILES string of the molecule is CN=C(N=CN)c1ccc2[nH]nc(-c3cccc(NC(=O)[C@H](O)c4ccccc4)c3)c2c1. The first kappa shape index (κ1) is 21.0. The molecule has 0 saturated heterocycles. The van der Waals surface area contributed by atoms with Gasteiger partial charge in [0.15, 0.2) is 11.9 Å². The van der Waals surface area contributed by atoms with Gasteiger partial charge in [-0.05, 0) is 35.9 Å². The summed E-state index contributed by atoms with van der Waals surface area (Å²) < 4.78 is 0. The number of hydrogen-bond donors (Lipinski definition) is 4. The van der Waals surface area contributed by atoms with Gasteiger partial charge < -0.3 is 16.2 Å². The van der Waals surface area contributed by atoms with E-state index in [9.17, 15) is 9.90 Å². The molecule has 32 heavy (non-hydrogen) atoms. The van der Waals surface area contributed by atoms with Gasteiger partial charge in [0, 0.05) is 29.2 Å². The number of aliphatic imine (C=N–C) groups is 2. The molecule has 8 nitrogen and oxygen atoms in total. The molecule has 3 aromatic carbocycles. The van der Waals surface area contributed by atoms with Crippen molar-refractivity contribution in [2.24, 2.45) is 15.7 Å². The zero-order chi connectivity index (χ0) is 22.5. The second-order valence-corrected chi connectivity index (χ2v) is 7.04. The first-order valence-electron chi connectivity index (χ1n) is 9.94. The summed E-state index contributed by atoms with van der Waals surface area (Å²) in [5, 5.41) is 21.5. The molecule has 1 amide bonds. The average Bonchev–Trinajstić information content (AvgIpc) is 3.26. The van der Waals surface area contributed by atoms with Crippen molar-refractivity contribution in [2.45, 2.75) is 6.10 Å². The number of aliphatic hydroxyl groups excluding tert-OH is 1. The van der Waals surface area contributed by atoms with E-state index in [1.165, 1.54) is 6.34 Å². The molecule has 0 unspecified atom stereocenters. The number of amides is 1. The number of H-pyrrole nitrogens is 1. The molecule has 0 spiro atoms. The highest BCUT2D eigenvalue weighted by molar-refractivity contribution is 6.06. The topological polar surface area (TPSA) is 129 Å². The van der Waals surface area contributed by atoms with Gasteiger partial charge in [-0.2, -0.15) is 5.10 Å². The number of anilines is 1. The molecule has 8 heteroatoms. The van der Waals surface area contributed by atoms with Crippen LogP contribution in [0.2, 0.25) is 0 Å². The van der Waals surface area contributed by atoms with Crippen molar-refractivity contribution in [3.63, 3.8) is 0 Å². The van der Waals surface area contributed by atoms with Crippen LogP contribution in [0.15, 0.2) is 82.8 Å². The van der Waals surface area contributed by atoms with Gasteiger partial charge >= 0.3 is 0 Å². The van der Waals surface area contributed by atoms with Gasteiger partial charge in [-0.3, -0.25) is 14.9 Å². The fraction of sp³-hybridized carbons (Fsp3) is 0.0833. The van der Waals surface area contributed by atoms with E-state index in [-0.39, 0.29) is 0 Å². The average molecular weight is 426 g/mol. The molecule has 5 N–H and O–H groups in total. The summed E-state index contributed by atoms with van der Waals surface area (Å²) in [5.41, 5.74) is 9.69. The van der Waals surface area contributed by atoms with Crippen molar-refractivity contribution in [3.8, 4) is 11.3 Å². The Labute approximate surface area is 184 Å². The fourth-order valence-corrected chi connectivity index (χ4v) is 3.45. The van der Waals surface area contributed by atoms with E-state index in [1.807, 2.05) is 42.5 Å². The number of aromatic nitrogens is 2. The number of nitrogens with zero attached hydrogens (tertiary/aromatic N) is 3. The lowest BCUT2D eigenvalue weighted by molar-refractivity contribution is -0.124. The number of rotatable bonds is 5. The van der Waals surface area contributed by atoms with Gasteiger partial charge in [-0.25, -0.2) is 4.99 Å². The lowest BCUT2D eigenvalue weighted by Gasteiger charge is -2.12. The van der Waals surface area contributed by atoms with E-state index in [0.717, 1.165) is 22.0 Å². The van der Waals surface area contributed by atoms with Crippen LogP contribution < -0.4 is 11.1 Å². The van der Waals surface area contributed by atoms with E-state index in [1.54, 1.807) is 37.4 Å². The van der Waals surface area contributed by atoms with Crippen LogP contribution in [-0.4, -0.2) is 40.4 Å². The highest BCUT2D eigenvalue weighted by Gasteiger charge is 2.18. The minimum Gasteiger partial charge on any atom is -0.390 e. The quantitative estimate of drug-likeness (QED) is 0.288. The maximum Gasteiger partial charge on any atom is 0.257 e. The van der Waals surface area contributed by atoms with E-state index in [4.69, 9.17) is 5.73 Å². The van der Waals surface area contributed by atoms with Crippen molar-refractivity contribution in [1.29, 1.82) is 0 Å². The van der Waals surface area contributed by atoms with Gasteiger partial charge in [0.05, 0.1) is 17.5 Å². The zero-order valence-electron chi connectivity index (χ0n) is 17.4. The summed E-state index contributed by atoms with van der Waals surface area (Å²) in [7, 11) is 1.65. The predicted molar refractivity (Wildman–Crippen MR) is 127 cm³/mol. The molecule has 4 rings (SSSR count). The molecule has 0 radical (unpaired) electrons. The van der Waals surface area contributed by atoms with Crippen LogP contribution in [0.1, 0.15) is 17.2 Å². The lowest BCUT2D eigenvalue weighted by Crippen LogP contribution is -2.20. The van der Waals surface area contributed by atoms with Crippen molar-refractivity contribution in [1.82, 2.24) is 10.2 Å². The Morgan fingerprint density at radius 1 is 1.12 bits per heavy atom. The number of amidine groups is 1. The summed E-state index contributed by atoms with van der Waals surface area (Å²) in [6.07, 6.45) is -0.0535. The molecule has 0 aliphatic heterocycles. The minimum absolute atomic E-state index is 0.508. The predicted octanol–water partition coefficient (Wildman–Crippen LogP) is 3.27. The number of carbonyl (C=O) groups excluding carboxylic acids is 1. The summed E-state index contributed by atoms with van der Waals surface area (Å²) >= 11 is 0. The molecule has 1 aromatic heterocycles. The molecule has 1 heterocycles. The maximum atomic E-state index is 12.5. The number of carbonyl (C=O) groups is 1. The number of nitrogens with two attached hydrogens (primary N) is 1. The summed E-state index contributed by atoms with van der Waals surface area (Å²) in [6, 6.07) is 21.8. The van der Waals surface area contributed by atoms with Crippen LogP contribution in [0.25, 0.3) is 22.2 Å². The first-order valence-corrected chi connectivity index (χ1v) is 9.94. The Morgan fingerprint density at radius 2 is 1.94 bits per heavy atom. The standard InChI is InChI=1S/C24H22N6O2/c1-26-23(27-14-25)17-10-11-20-19(13-17)21(30-29-20)16-8-5-9-18(12-16)28-24(32)22(31)15-6-3-2-4-7-15/h2-14,22,31H,1H3,(H,28,32)(H,29,30)(H2,25,26,27)/t22-/m1/s1. The Morgan fingerprint density at radius 3 is 2.69 bits per heavy atom. The molecule has 4 aromatic rings. The van der Waals surface area contributed by atoms with Crippen molar-refractivity contribution in [2.75, 3.05) is 12.4 Å². The third kappa shape index (κ3) is 4.26. The molecule has 0 aliphatic rings. The van der Waals surface area contributed by atoms with Crippen LogP contribution in [0.3, 0.4) is 0 Å². The summed E-state index contributed by atoms with van der Waals surface area (Å²) in [5.74, 6) is 0.00318. The van der Waals surface area contributed by atoms with E-state index in [2.05, 4.69) is 25.5 Å². The molecule has 0 fully saturated rings. The number of nitrogens with one attached hydrogen (secondary N) is 2. The number of aromatic amines is 1. The van der Waals surface area contributed by atoms with Gasteiger partial charge in [-0.15, -0.1) is 0 Å². The number of fused-ring (bicyclic) bond motifs is 1. The van der Waals surface area contributed by atoms with Crippen LogP contribution >= 0.6 is 0 Å². The summed E-state index contributed by atoms with van der Waals surface area (Å²) in [4.78, 5) is 20.8. The molecule has 0 aliphatic carbocycles. The molecular weight excluding hydrogens is 404 g/mol. The van der Waals surface area contributed by atoms with Crippen LogP contribution in [-0.2, 0) is 4.79 Å². The van der Waals surface area contributed by atoms with Crippen LogP contribution in [0.5, 0.6) is 0 Å². The molecule has 1 atom stereocenters. The van der Waals surface area contributed by atoms with Crippen LogP contribution in [0.4, 0.5) is 5.69 Å². The molecule has 0 bridgehead atoms. The van der Waals surface area contributed by atoms with Crippen molar-refractivity contribution >= 4 is 34.7 Å². The number of aliphatic hydroxyl groups is 1. The molecular formula is C24H22N6O2. The third-order valence-corrected chi connectivity index (χ3v) is 5.00. The van der Waals surface area contributed by atoms with Gasteiger partial charge in [0.25, 0.3) is 5.91 Å². The van der Waals surface area contributed by atoms with Gasteiger partial charge in [0.2, 0.25) is 0 Å². The molecule has 0 saturated carbocycles. The first-order chi connectivity index (χ1) is 15.6. The second kappa shape index (κ2) is 9.23. The summed E-state index contributed by atoms with van der Waals surface area (Å²) in [6.45, 7) is 0. The maximum absolute atomic E-state index is 12.5. The Bertz CT molecular complexity index is 1310. The Balaban J connectivity index is 1.64.